The summed E-state index contributed by atoms with van der Waals surface area (Å²) in [5, 5.41) is 17.6. The van der Waals surface area contributed by atoms with Crippen molar-refractivity contribution in [1.82, 2.24) is 15.2 Å². The number of nitrogens with zero attached hydrogens (tertiary/aromatic N) is 4. The Hall–Kier alpha value is -4.58. The number of hydrazone groups is 1. The second kappa shape index (κ2) is 9.70. The number of carbonyl (C=O) groups excluding carboxylic acids is 2. The van der Waals surface area contributed by atoms with Crippen LogP contribution in [0.15, 0.2) is 52.4 Å². The summed E-state index contributed by atoms with van der Waals surface area (Å²) in [6.45, 7) is 5.32. The number of rotatable bonds is 5. The number of nitrogens with one attached hydrogen (secondary N) is 1. The largest absolute Gasteiger partial charge is 0.465 e. The minimum Gasteiger partial charge on any atom is -0.465 e. The maximum atomic E-state index is 12.8. The maximum Gasteiger partial charge on any atom is 0.337 e. The highest BCUT2D eigenvalue weighted by molar-refractivity contribution is 5.95. The summed E-state index contributed by atoms with van der Waals surface area (Å²) in [7, 11) is 1.30. The molecular weight excluding hydrogens is 422 g/mol. The van der Waals surface area contributed by atoms with Crippen LogP contribution in [0.1, 0.15) is 48.7 Å². The van der Waals surface area contributed by atoms with E-state index < -0.39 is 17.4 Å². The zero-order valence-electron chi connectivity index (χ0n) is 18.5. The van der Waals surface area contributed by atoms with Crippen LogP contribution in [-0.2, 0) is 4.74 Å². The topological polar surface area (TPSA) is 126 Å². The lowest BCUT2D eigenvalue weighted by molar-refractivity contribution is 0.0600. The van der Waals surface area contributed by atoms with Crippen LogP contribution in [-0.4, -0.2) is 35.0 Å². The van der Waals surface area contributed by atoms with Crippen LogP contribution < -0.4 is 11.0 Å². The standard InChI is InChI=1S/C24H21N5O4/c1-14-5-10-19(11-15(14)2)29-23(31)20(12-25)16(3)21(28-29)22(30)27-26-13-17-6-8-18(9-7-17)24(32)33-4/h5-11,13H,1-4H3,(H,27,30)/b26-13+. The molecule has 33 heavy (non-hydrogen) atoms. The van der Waals surface area contributed by atoms with Crippen molar-refractivity contribution in [3.05, 3.63) is 91.9 Å². The van der Waals surface area contributed by atoms with Crippen LogP contribution in [0.3, 0.4) is 0 Å². The highest BCUT2D eigenvalue weighted by Crippen LogP contribution is 2.14. The van der Waals surface area contributed by atoms with Gasteiger partial charge < -0.3 is 4.74 Å². The van der Waals surface area contributed by atoms with Crippen molar-refractivity contribution in [1.29, 1.82) is 5.26 Å². The predicted molar refractivity (Wildman–Crippen MR) is 122 cm³/mol. The predicted octanol–water partition coefficient (Wildman–Crippen LogP) is 2.58. The first kappa shape index (κ1) is 23.1. The Kier molecular flexibility index (Phi) is 6.79. The van der Waals surface area contributed by atoms with E-state index in [0.717, 1.165) is 15.8 Å². The van der Waals surface area contributed by atoms with Crippen molar-refractivity contribution in [2.75, 3.05) is 7.11 Å². The molecule has 1 aromatic heterocycles. The van der Waals surface area contributed by atoms with E-state index in [4.69, 9.17) is 0 Å². The zero-order valence-corrected chi connectivity index (χ0v) is 18.5. The first-order chi connectivity index (χ1) is 15.8. The monoisotopic (exact) mass is 443 g/mol. The molecule has 0 saturated carbocycles. The van der Waals surface area contributed by atoms with Crippen molar-refractivity contribution < 1.29 is 14.3 Å². The average molecular weight is 443 g/mol. The van der Waals surface area contributed by atoms with Crippen LogP contribution in [0, 0.1) is 32.1 Å². The van der Waals surface area contributed by atoms with Crippen LogP contribution >= 0.6 is 0 Å². The fraction of sp³-hybridized carbons (Fsp3) is 0.167. The Bertz CT molecular complexity index is 1370. The second-order valence-corrected chi connectivity index (χ2v) is 7.26. The first-order valence-corrected chi connectivity index (χ1v) is 9.90. The molecule has 0 spiro atoms. The molecule has 9 nitrogen and oxygen atoms in total. The van der Waals surface area contributed by atoms with E-state index in [1.165, 1.54) is 20.2 Å². The molecule has 0 aliphatic carbocycles. The van der Waals surface area contributed by atoms with Crippen molar-refractivity contribution >= 4 is 18.1 Å². The third-order valence-electron chi connectivity index (χ3n) is 5.11. The summed E-state index contributed by atoms with van der Waals surface area (Å²) >= 11 is 0. The molecule has 166 valence electrons. The fourth-order valence-corrected chi connectivity index (χ4v) is 3.03. The van der Waals surface area contributed by atoms with Gasteiger partial charge in [-0.1, -0.05) is 18.2 Å². The summed E-state index contributed by atoms with van der Waals surface area (Å²) in [6, 6.07) is 13.6. The fourth-order valence-electron chi connectivity index (χ4n) is 3.03. The Morgan fingerprint density at radius 1 is 1.12 bits per heavy atom. The molecule has 0 aliphatic rings. The number of aromatic nitrogens is 2. The van der Waals surface area contributed by atoms with Gasteiger partial charge in [-0.15, -0.1) is 0 Å². The number of carbonyl (C=O) groups is 2. The number of esters is 1. The first-order valence-electron chi connectivity index (χ1n) is 9.90. The molecule has 0 radical (unpaired) electrons. The minimum atomic E-state index is -0.677. The van der Waals surface area contributed by atoms with E-state index >= 15 is 0 Å². The van der Waals surface area contributed by atoms with Gasteiger partial charge in [0, 0.05) is 5.56 Å². The van der Waals surface area contributed by atoms with Crippen molar-refractivity contribution in [3.63, 3.8) is 0 Å². The number of benzene rings is 2. The van der Waals surface area contributed by atoms with Gasteiger partial charge in [0.1, 0.15) is 11.6 Å². The van der Waals surface area contributed by atoms with Crippen LogP contribution in [0.4, 0.5) is 0 Å². The molecule has 2 aromatic carbocycles. The van der Waals surface area contributed by atoms with E-state index in [2.05, 4.69) is 20.4 Å². The molecule has 3 rings (SSSR count). The van der Waals surface area contributed by atoms with Crippen LogP contribution in [0.2, 0.25) is 0 Å². The summed E-state index contributed by atoms with van der Waals surface area (Å²) in [6.07, 6.45) is 1.39. The Morgan fingerprint density at radius 2 is 1.82 bits per heavy atom. The summed E-state index contributed by atoms with van der Waals surface area (Å²) in [5.41, 5.74) is 5.09. The Balaban J connectivity index is 1.90. The van der Waals surface area contributed by atoms with Crippen molar-refractivity contribution in [2.45, 2.75) is 20.8 Å². The molecule has 9 heteroatoms. The molecule has 1 amide bonds. The van der Waals surface area contributed by atoms with Gasteiger partial charge in [-0.3, -0.25) is 9.59 Å². The van der Waals surface area contributed by atoms with E-state index in [-0.39, 0.29) is 16.8 Å². The smallest absolute Gasteiger partial charge is 0.337 e. The third kappa shape index (κ3) is 4.85. The Morgan fingerprint density at radius 3 is 2.42 bits per heavy atom. The third-order valence-corrected chi connectivity index (χ3v) is 5.11. The summed E-state index contributed by atoms with van der Waals surface area (Å²) in [5.74, 6) is -1.13. The van der Waals surface area contributed by atoms with Crippen molar-refractivity contribution in [3.8, 4) is 11.8 Å². The molecule has 0 atom stereocenters. The zero-order chi connectivity index (χ0) is 24.1. The molecular formula is C24H21N5O4. The van der Waals surface area contributed by atoms with Gasteiger partial charge in [0.25, 0.3) is 11.5 Å². The number of hydrogen-bond acceptors (Lipinski definition) is 7. The van der Waals surface area contributed by atoms with Gasteiger partial charge in [-0.2, -0.15) is 20.1 Å². The molecule has 1 heterocycles. The minimum absolute atomic E-state index is 0.0948. The van der Waals surface area contributed by atoms with Gasteiger partial charge in [0.15, 0.2) is 5.69 Å². The average Bonchev–Trinajstić information content (AvgIpc) is 2.81. The number of methoxy groups -OCH3 is 1. The van der Waals surface area contributed by atoms with E-state index in [1.54, 1.807) is 36.4 Å². The number of amides is 1. The SMILES string of the molecule is COC(=O)c1ccc(/C=N/NC(=O)c2nn(-c3ccc(C)c(C)c3)c(=O)c(C#N)c2C)cc1. The molecule has 0 fully saturated rings. The normalized spacial score (nSPS) is 10.6. The summed E-state index contributed by atoms with van der Waals surface area (Å²) in [4.78, 5) is 37.0. The highest BCUT2D eigenvalue weighted by atomic mass is 16.5. The van der Waals surface area contributed by atoms with E-state index in [1.807, 2.05) is 26.0 Å². The van der Waals surface area contributed by atoms with Gasteiger partial charge in [-0.05, 0) is 61.7 Å². The lowest BCUT2D eigenvalue weighted by Gasteiger charge is -2.11. The lowest BCUT2D eigenvalue weighted by Crippen LogP contribution is -2.31. The highest BCUT2D eigenvalue weighted by Gasteiger charge is 2.20. The van der Waals surface area contributed by atoms with E-state index in [0.29, 0.717) is 16.8 Å². The number of hydrogen-bond donors (Lipinski definition) is 1. The number of ether oxygens (including phenoxy) is 1. The molecule has 3 aromatic rings. The van der Waals surface area contributed by atoms with Gasteiger partial charge in [-0.25, -0.2) is 10.2 Å². The van der Waals surface area contributed by atoms with Gasteiger partial charge >= 0.3 is 5.97 Å². The quantitative estimate of drug-likeness (QED) is 0.367. The van der Waals surface area contributed by atoms with Crippen LogP contribution in [0.25, 0.3) is 5.69 Å². The lowest BCUT2D eigenvalue weighted by atomic mass is 10.1. The second-order valence-electron chi connectivity index (χ2n) is 7.26. The number of nitriles is 1. The van der Waals surface area contributed by atoms with Gasteiger partial charge in [0.2, 0.25) is 0 Å². The van der Waals surface area contributed by atoms with Gasteiger partial charge in [0.05, 0.1) is 24.6 Å². The number of aryl methyl sites for hydroxylation is 2. The summed E-state index contributed by atoms with van der Waals surface area (Å²) < 4.78 is 5.69. The molecule has 1 N–H and O–H groups in total. The molecule has 0 bridgehead atoms. The Labute approximate surface area is 189 Å². The molecule has 0 aliphatic heterocycles. The molecule has 0 unspecified atom stereocenters. The maximum absolute atomic E-state index is 12.8. The van der Waals surface area contributed by atoms with E-state index in [9.17, 15) is 19.6 Å². The van der Waals surface area contributed by atoms with Crippen molar-refractivity contribution in [2.24, 2.45) is 5.10 Å². The molecule has 0 saturated heterocycles. The van der Waals surface area contributed by atoms with Crippen LogP contribution in [0.5, 0.6) is 0 Å².